The third-order valence-corrected chi connectivity index (χ3v) is 7.97. The van der Waals surface area contributed by atoms with E-state index in [0.29, 0.717) is 12.0 Å². The van der Waals surface area contributed by atoms with Crippen molar-refractivity contribution in [2.24, 2.45) is 17.3 Å². The summed E-state index contributed by atoms with van der Waals surface area (Å²) < 4.78 is 4.74. The van der Waals surface area contributed by atoms with E-state index in [4.69, 9.17) is 4.74 Å². The summed E-state index contributed by atoms with van der Waals surface area (Å²) in [6.45, 7) is 2.15. The number of amides is 1. The number of hydrogen-bond donors (Lipinski definition) is 1. The van der Waals surface area contributed by atoms with E-state index in [2.05, 4.69) is 36.5 Å². The summed E-state index contributed by atoms with van der Waals surface area (Å²) in [5, 5.41) is 3.07. The molecule has 1 N–H and O–H groups in total. The molecule has 4 saturated carbocycles. The molecule has 4 heteroatoms. The van der Waals surface area contributed by atoms with Gasteiger partial charge >= 0.3 is 5.97 Å². The van der Waals surface area contributed by atoms with Gasteiger partial charge in [0.2, 0.25) is 5.91 Å². The van der Waals surface area contributed by atoms with Gasteiger partial charge in [-0.1, -0.05) is 29.8 Å². The highest BCUT2D eigenvalue weighted by atomic mass is 16.5. The van der Waals surface area contributed by atoms with Crippen LogP contribution in [-0.2, 0) is 14.9 Å². The van der Waals surface area contributed by atoms with Crippen molar-refractivity contribution in [1.29, 1.82) is 0 Å². The Morgan fingerprint density at radius 2 is 1.61 bits per heavy atom. The van der Waals surface area contributed by atoms with Crippen LogP contribution in [0.25, 0.3) is 0 Å². The van der Waals surface area contributed by atoms with Gasteiger partial charge in [-0.3, -0.25) is 4.79 Å². The quantitative estimate of drug-likeness (QED) is 0.640. The number of methoxy groups -OCH3 is 1. The number of ether oxygens (including phenoxy) is 1. The summed E-state index contributed by atoms with van der Waals surface area (Å²) in [6, 6.07) is 16.1. The molecule has 31 heavy (non-hydrogen) atoms. The third-order valence-electron chi connectivity index (χ3n) is 7.97. The van der Waals surface area contributed by atoms with Crippen LogP contribution in [0, 0.1) is 24.2 Å². The van der Waals surface area contributed by atoms with Crippen molar-refractivity contribution in [3.8, 4) is 0 Å². The Hall–Kier alpha value is -2.62. The molecule has 2 atom stereocenters. The van der Waals surface area contributed by atoms with Gasteiger partial charge in [0.25, 0.3) is 0 Å². The highest BCUT2D eigenvalue weighted by molar-refractivity contribution is 5.93. The zero-order chi connectivity index (χ0) is 21.6. The number of carbonyl (C=O) groups is 2. The number of aryl methyl sites for hydroxylation is 1. The molecule has 1 amide bonds. The van der Waals surface area contributed by atoms with Gasteiger partial charge in [-0.05, 0) is 97.9 Å². The molecule has 0 spiro atoms. The van der Waals surface area contributed by atoms with Gasteiger partial charge in [-0.15, -0.1) is 0 Å². The second kappa shape index (κ2) is 7.51. The standard InChI is InChI=1S/C27H31NO3/c1-18-3-7-22(8-4-18)27-14-19-11-20(15-27)13-26(12-19,17-27)16-24(29)28-23-9-5-21(6-10-23)25(30)31-2/h3-10,19-20H,11-17H2,1-2H3,(H,28,29)/t19-,20-,26?,27?/m1/s1. The van der Waals surface area contributed by atoms with Gasteiger partial charge in [0.1, 0.15) is 0 Å². The summed E-state index contributed by atoms with van der Waals surface area (Å²) in [5.74, 6) is 1.21. The first-order valence-electron chi connectivity index (χ1n) is 11.4. The molecule has 4 nitrogen and oxygen atoms in total. The second-order valence-corrected chi connectivity index (χ2v) is 10.4. The number of rotatable bonds is 5. The molecule has 4 bridgehead atoms. The molecular weight excluding hydrogens is 386 g/mol. The molecule has 4 fully saturated rings. The van der Waals surface area contributed by atoms with Crippen LogP contribution >= 0.6 is 0 Å². The second-order valence-electron chi connectivity index (χ2n) is 10.4. The van der Waals surface area contributed by atoms with Crippen LogP contribution < -0.4 is 5.32 Å². The highest BCUT2D eigenvalue weighted by Crippen LogP contribution is 2.66. The summed E-state index contributed by atoms with van der Waals surface area (Å²) >= 11 is 0. The average molecular weight is 418 g/mol. The predicted octanol–water partition coefficient (Wildman–Crippen LogP) is 5.65. The van der Waals surface area contributed by atoms with Crippen LogP contribution in [0.1, 0.15) is 66.4 Å². The number of anilines is 1. The number of nitrogens with one attached hydrogen (secondary N) is 1. The van der Waals surface area contributed by atoms with E-state index in [9.17, 15) is 9.59 Å². The van der Waals surface area contributed by atoms with Crippen molar-refractivity contribution >= 4 is 17.6 Å². The van der Waals surface area contributed by atoms with E-state index < -0.39 is 0 Å². The lowest BCUT2D eigenvalue weighted by Gasteiger charge is -2.62. The normalized spacial score (nSPS) is 30.8. The Balaban J connectivity index is 1.32. The van der Waals surface area contributed by atoms with Gasteiger partial charge in [-0.2, -0.15) is 0 Å². The van der Waals surface area contributed by atoms with Gasteiger partial charge in [-0.25, -0.2) is 4.79 Å². The Labute approximate surface area is 184 Å². The molecule has 0 saturated heterocycles. The Bertz CT molecular complexity index is 978. The maximum absolute atomic E-state index is 13.1. The molecule has 2 aromatic rings. The summed E-state index contributed by atoms with van der Waals surface area (Å²) in [6.07, 6.45) is 8.00. The fraction of sp³-hybridized carbons (Fsp3) is 0.481. The molecule has 4 aliphatic rings. The van der Waals surface area contributed by atoms with Crippen molar-refractivity contribution < 1.29 is 14.3 Å². The van der Waals surface area contributed by atoms with Gasteiger partial charge in [0.15, 0.2) is 0 Å². The van der Waals surface area contributed by atoms with Gasteiger partial charge in [0.05, 0.1) is 12.7 Å². The van der Waals surface area contributed by atoms with Crippen LogP contribution in [0.2, 0.25) is 0 Å². The van der Waals surface area contributed by atoms with Crippen LogP contribution in [0.4, 0.5) is 5.69 Å². The van der Waals surface area contributed by atoms with E-state index in [-0.39, 0.29) is 22.7 Å². The van der Waals surface area contributed by atoms with Crippen molar-refractivity contribution in [3.63, 3.8) is 0 Å². The maximum Gasteiger partial charge on any atom is 0.337 e. The van der Waals surface area contributed by atoms with Crippen LogP contribution in [-0.4, -0.2) is 19.0 Å². The molecule has 6 rings (SSSR count). The minimum atomic E-state index is -0.368. The molecule has 0 radical (unpaired) electrons. The average Bonchev–Trinajstić information content (AvgIpc) is 2.72. The fourth-order valence-electron chi connectivity index (χ4n) is 7.26. The monoisotopic (exact) mass is 417 g/mol. The smallest absolute Gasteiger partial charge is 0.337 e. The van der Waals surface area contributed by atoms with Crippen LogP contribution in [0.15, 0.2) is 48.5 Å². The number of carbonyl (C=O) groups excluding carboxylic acids is 2. The largest absolute Gasteiger partial charge is 0.465 e. The summed E-state index contributed by atoms with van der Waals surface area (Å²) in [7, 11) is 1.37. The van der Waals surface area contributed by atoms with E-state index in [1.54, 1.807) is 24.3 Å². The lowest BCUT2D eigenvalue weighted by Crippen LogP contribution is -2.54. The summed E-state index contributed by atoms with van der Waals surface area (Å²) in [4.78, 5) is 24.7. The Morgan fingerprint density at radius 3 is 2.23 bits per heavy atom. The van der Waals surface area contributed by atoms with E-state index in [0.717, 1.165) is 23.9 Å². The zero-order valence-corrected chi connectivity index (χ0v) is 18.4. The first kappa shape index (κ1) is 20.3. The lowest BCUT2D eigenvalue weighted by atomic mass is 9.42. The fourth-order valence-corrected chi connectivity index (χ4v) is 7.26. The first-order valence-corrected chi connectivity index (χ1v) is 11.4. The Kier molecular flexibility index (Phi) is 4.91. The molecule has 162 valence electrons. The summed E-state index contributed by atoms with van der Waals surface area (Å²) in [5.41, 5.74) is 4.37. The van der Waals surface area contributed by atoms with Gasteiger partial charge < -0.3 is 10.1 Å². The number of benzene rings is 2. The zero-order valence-electron chi connectivity index (χ0n) is 18.4. The van der Waals surface area contributed by atoms with Crippen molar-refractivity contribution in [2.45, 2.75) is 57.3 Å². The number of hydrogen-bond acceptors (Lipinski definition) is 3. The van der Waals surface area contributed by atoms with Crippen molar-refractivity contribution in [1.82, 2.24) is 0 Å². The topological polar surface area (TPSA) is 55.4 Å². The Morgan fingerprint density at radius 1 is 0.968 bits per heavy atom. The first-order chi connectivity index (χ1) is 14.9. The molecule has 0 heterocycles. The minimum Gasteiger partial charge on any atom is -0.465 e. The van der Waals surface area contributed by atoms with Crippen LogP contribution in [0.3, 0.4) is 0 Å². The minimum absolute atomic E-state index is 0.0897. The SMILES string of the molecule is COC(=O)c1ccc(NC(=O)CC23C[C@H]4C[C@H](C2)CC(c2ccc(C)cc2)(C4)C3)cc1. The van der Waals surface area contributed by atoms with Crippen LogP contribution in [0.5, 0.6) is 0 Å². The third kappa shape index (κ3) is 3.77. The molecular formula is C27H31NO3. The predicted molar refractivity (Wildman–Crippen MR) is 121 cm³/mol. The number of esters is 1. The maximum atomic E-state index is 13.1. The molecule has 4 aliphatic carbocycles. The molecule has 0 aromatic heterocycles. The van der Waals surface area contributed by atoms with Crippen molar-refractivity contribution in [2.75, 3.05) is 12.4 Å². The van der Waals surface area contributed by atoms with E-state index >= 15 is 0 Å². The highest BCUT2D eigenvalue weighted by Gasteiger charge is 2.58. The molecule has 0 unspecified atom stereocenters. The molecule has 2 aromatic carbocycles. The van der Waals surface area contributed by atoms with Gasteiger partial charge in [0, 0.05) is 12.1 Å². The van der Waals surface area contributed by atoms with E-state index in [1.807, 2.05) is 0 Å². The van der Waals surface area contributed by atoms with Crippen molar-refractivity contribution in [3.05, 3.63) is 65.2 Å². The molecule has 0 aliphatic heterocycles. The van der Waals surface area contributed by atoms with E-state index in [1.165, 1.54) is 50.3 Å². The lowest BCUT2D eigenvalue weighted by molar-refractivity contribution is -0.126.